The third kappa shape index (κ3) is 1.92. The Hall–Kier alpha value is -2.14. The van der Waals surface area contributed by atoms with Crippen molar-refractivity contribution in [2.75, 3.05) is 12.8 Å². The van der Waals surface area contributed by atoms with Crippen LogP contribution in [0.1, 0.15) is 0 Å². The third-order valence-corrected chi connectivity index (χ3v) is 5.07. The van der Waals surface area contributed by atoms with Crippen molar-refractivity contribution in [3.05, 3.63) is 36.4 Å². The fraction of sp³-hybridized carbons (Fsp3) is 0.143. The molecular weight excluding hydrogens is 260 g/mol. The molecule has 0 fully saturated rings. The van der Waals surface area contributed by atoms with E-state index in [0.717, 1.165) is 21.0 Å². The minimum atomic E-state index is -0.480. The first-order valence-corrected chi connectivity index (χ1v) is 7.23. The molecule has 0 bridgehead atoms. The molecule has 1 atom stereocenters. The van der Waals surface area contributed by atoms with E-state index in [4.69, 9.17) is 10.5 Å². The summed E-state index contributed by atoms with van der Waals surface area (Å²) in [6, 6.07) is 12.1. The Balaban J connectivity index is 2.27. The summed E-state index contributed by atoms with van der Waals surface area (Å²) in [6.07, 6.45) is 0. The molecule has 3 aromatic rings. The molecule has 3 rings (SSSR count). The number of fused-ring (bicyclic) bond motifs is 3. The first kappa shape index (κ1) is 11.9. The summed E-state index contributed by atoms with van der Waals surface area (Å²) in [6.45, 7) is 0. The van der Waals surface area contributed by atoms with E-state index in [9.17, 15) is 4.79 Å². The van der Waals surface area contributed by atoms with E-state index in [1.54, 1.807) is 0 Å². The fourth-order valence-corrected chi connectivity index (χ4v) is 3.86. The van der Waals surface area contributed by atoms with Gasteiger partial charge in [-0.15, -0.1) is 0 Å². The largest absolute Gasteiger partial charge is 0.465 e. The van der Waals surface area contributed by atoms with Gasteiger partial charge in [0.15, 0.2) is 0 Å². The van der Waals surface area contributed by atoms with E-state index in [-0.39, 0.29) is 11.7 Å². The highest BCUT2D eigenvalue weighted by Gasteiger charge is 2.25. The molecule has 4 nitrogen and oxygen atoms in total. The van der Waals surface area contributed by atoms with E-state index in [1.165, 1.54) is 7.11 Å². The van der Waals surface area contributed by atoms with Crippen molar-refractivity contribution in [1.29, 1.82) is 0 Å². The summed E-state index contributed by atoms with van der Waals surface area (Å²) in [7, 11) is 0.906. The molecule has 0 saturated heterocycles. The van der Waals surface area contributed by atoms with Crippen LogP contribution in [-0.2, 0) is 15.3 Å². The average molecular weight is 273 g/mol. The van der Waals surface area contributed by atoms with Crippen molar-refractivity contribution in [3.63, 3.8) is 0 Å². The molecular formula is C14H13N2O2S+. The Labute approximate surface area is 112 Å². The summed E-state index contributed by atoms with van der Waals surface area (Å²) in [5.41, 5.74) is 6.87. The van der Waals surface area contributed by atoms with E-state index >= 15 is 0 Å². The number of rotatable bonds is 2. The number of esters is 1. The van der Waals surface area contributed by atoms with Gasteiger partial charge in [-0.05, 0) is 11.5 Å². The molecule has 5 heteroatoms. The summed E-state index contributed by atoms with van der Waals surface area (Å²) in [5, 5.41) is 2.71. The minimum absolute atomic E-state index is 0.261. The van der Waals surface area contributed by atoms with Gasteiger partial charge >= 0.3 is 11.1 Å². The highest BCUT2D eigenvalue weighted by atomic mass is 32.2. The van der Waals surface area contributed by atoms with E-state index in [0.29, 0.717) is 5.13 Å². The highest BCUT2D eigenvalue weighted by molar-refractivity contribution is 7.40. The zero-order valence-corrected chi connectivity index (χ0v) is 11.2. The Bertz CT molecular complexity index is 780. The molecule has 1 aromatic heterocycles. The zero-order valence-electron chi connectivity index (χ0n) is 10.4. The van der Waals surface area contributed by atoms with Crippen molar-refractivity contribution in [3.8, 4) is 0 Å². The maximum atomic E-state index is 11.5. The molecule has 19 heavy (non-hydrogen) atoms. The van der Waals surface area contributed by atoms with Gasteiger partial charge in [0, 0.05) is 21.9 Å². The first-order valence-electron chi connectivity index (χ1n) is 5.84. The second-order valence-corrected chi connectivity index (χ2v) is 6.12. The van der Waals surface area contributed by atoms with Crippen LogP contribution in [0.2, 0.25) is 0 Å². The minimum Gasteiger partial charge on any atom is -0.465 e. The molecule has 0 aliphatic rings. The number of hydrogen-bond donors (Lipinski definition) is 1. The van der Waals surface area contributed by atoms with Crippen LogP contribution < -0.4 is 5.73 Å². The number of ether oxygens (including phenoxy) is 1. The Morgan fingerprint density at radius 2 is 2.11 bits per heavy atom. The SMILES string of the molecule is COC(=O)C[s+]1c(N)nc2c3ccccc3ccc21. The Morgan fingerprint density at radius 3 is 2.89 bits per heavy atom. The summed E-state index contributed by atoms with van der Waals surface area (Å²) < 4.78 is 5.75. The lowest BCUT2D eigenvalue weighted by Gasteiger charge is -1.96. The van der Waals surface area contributed by atoms with Crippen LogP contribution in [0.4, 0.5) is 5.13 Å². The monoisotopic (exact) mass is 273 g/mol. The van der Waals surface area contributed by atoms with Crippen LogP contribution in [0.5, 0.6) is 0 Å². The molecule has 0 aliphatic heterocycles. The van der Waals surface area contributed by atoms with Gasteiger partial charge in [0.05, 0.1) is 7.11 Å². The maximum absolute atomic E-state index is 11.5. The lowest BCUT2D eigenvalue weighted by atomic mass is 10.1. The quantitative estimate of drug-likeness (QED) is 0.576. The molecule has 2 N–H and O–H groups in total. The number of nitrogens with zero attached hydrogens (tertiary/aromatic N) is 1. The summed E-state index contributed by atoms with van der Waals surface area (Å²) >= 11 is 0. The number of benzene rings is 2. The van der Waals surface area contributed by atoms with Crippen molar-refractivity contribution in [2.24, 2.45) is 0 Å². The van der Waals surface area contributed by atoms with Crippen LogP contribution >= 0.6 is 10.5 Å². The number of nitrogen functional groups attached to an aromatic ring is 1. The molecule has 1 heterocycles. The number of nitrogens with two attached hydrogens (primary N) is 1. The number of thiazole rings is 1. The Kier molecular flexibility index (Phi) is 2.83. The molecule has 96 valence electrons. The van der Waals surface area contributed by atoms with Gasteiger partial charge in [0.25, 0.3) is 0 Å². The van der Waals surface area contributed by atoms with Gasteiger partial charge < -0.3 is 10.5 Å². The predicted octanol–water partition coefficient (Wildman–Crippen LogP) is 2.89. The first-order chi connectivity index (χ1) is 9.20. The van der Waals surface area contributed by atoms with Crippen molar-refractivity contribution in [2.45, 2.75) is 5.75 Å². The molecule has 0 saturated carbocycles. The van der Waals surface area contributed by atoms with Crippen LogP contribution in [0.25, 0.3) is 21.0 Å². The smallest absolute Gasteiger partial charge is 0.361 e. The number of carbonyl (C=O) groups excluding carboxylic acids is 1. The van der Waals surface area contributed by atoms with Gasteiger partial charge in [-0.3, -0.25) is 0 Å². The van der Waals surface area contributed by atoms with Crippen LogP contribution in [0.15, 0.2) is 36.4 Å². The second kappa shape index (κ2) is 4.51. The summed E-state index contributed by atoms with van der Waals surface area (Å²) in [5.74, 6) is -0.000497. The molecule has 0 spiro atoms. The number of aromatic nitrogens is 1. The third-order valence-electron chi connectivity index (χ3n) is 3.09. The van der Waals surface area contributed by atoms with Gasteiger partial charge in [-0.2, -0.15) is 4.98 Å². The van der Waals surface area contributed by atoms with E-state index in [1.807, 2.05) is 36.4 Å². The van der Waals surface area contributed by atoms with Crippen molar-refractivity contribution < 1.29 is 9.53 Å². The van der Waals surface area contributed by atoms with Gasteiger partial charge in [0.1, 0.15) is 5.52 Å². The second-order valence-electron chi connectivity index (χ2n) is 4.19. The lowest BCUT2D eigenvalue weighted by molar-refractivity contribution is -0.138. The molecule has 0 amide bonds. The number of hydrogen-bond acceptors (Lipinski definition) is 4. The lowest BCUT2D eigenvalue weighted by Crippen LogP contribution is -2.01. The summed E-state index contributed by atoms with van der Waals surface area (Å²) in [4.78, 5) is 15.9. The average Bonchev–Trinajstić information content (AvgIpc) is 2.75. The molecule has 0 radical (unpaired) electrons. The standard InChI is InChI=1S/C14H13N2O2S/c1-18-12(17)8-19-11-7-6-9-4-2-3-5-10(9)13(11)16-14(19)15/h2-7H,8H2,1H3,(H2,15,16)/q+1. The van der Waals surface area contributed by atoms with Gasteiger partial charge in [0.2, 0.25) is 10.5 Å². The maximum Gasteiger partial charge on any atom is 0.361 e. The predicted molar refractivity (Wildman–Crippen MR) is 78.2 cm³/mol. The fourth-order valence-electron chi connectivity index (χ4n) is 2.16. The molecule has 1 unspecified atom stereocenters. The zero-order chi connectivity index (χ0) is 13.4. The normalized spacial score (nSPS) is 11.9. The number of carbonyl (C=O) groups is 1. The van der Waals surface area contributed by atoms with Crippen molar-refractivity contribution >= 4 is 42.6 Å². The van der Waals surface area contributed by atoms with E-state index in [2.05, 4.69) is 4.98 Å². The van der Waals surface area contributed by atoms with Crippen LogP contribution in [0, 0.1) is 0 Å². The topological polar surface area (TPSA) is 65.2 Å². The van der Waals surface area contributed by atoms with Crippen molar-refractivity contribution in [1.82, 2.24) is 4.98 Å². The van der Waals surface area contributed by atoms with Gasteiger partial charge in [-0.1, -0.05) is 24.3 Å². The van der Waals surface area contributed by atoms with Crippen LogP contribution in [0.3, 0.4) is 0 Å². The van der Waals surface area contributed by atoms with Crippen LogP contribution in [-0.4, -0.2) is 18.1 Å². The number of anilines is 1. The highest BCUT2D eigenvalue weighted by Crippen LogP contribution is 2.39. The van der Waals surface area contributed by atoms with Gasteiger partial charge in [-0.25, -0.2) is 4.79 Å². The number of methoxy groups -OCH3 is 1. The molecule has 0 aliphatic carbocycles. The Morgan fingerprint density at radius 1 is 1.32 bits per heavy atom. The van der Waals surface area contributed by atoms with E-state index < -0.39 is 10.5 Å². The molecule has 2 aromatic carbocycles.